The highest BCUT2D eigenvalue weighted by Gasteiger charge is 2.50. The molecule has 0 saturated carbocycles. The van der Waals surface area contributed by atoms with E-state index in [1.807, 2.05) is 48.5 Å². The smallest absolute Gasteiger partial charge is 0.319 e. The zero-order valence-electron chi connectivity index (χ0n) is 18.3. The predicted molar refractivity (Wildman–Crippen MR) is 131 cm³/mol. The summed E-state index contributed by atoms with van der Waals surface area (Å²) >= 11 is 12.3. The molecule has 0 aliphatic carbocycles. The number of carbonyl (C=O) groups is 3. The summed E-state index contributed by atoms with van der Waals surface area (Å²) in [6, 6.07) is 19.5. The molecule has 0 aromatic heterocycles. The number of hydrogen-bond acceptors (Lipinski definition) is 3. The lowest BCUT2D eigenvalue weighted by atomic mass is 9.92. The van der Waals surface area contributed by atoms with Crippen LogP contribution in [-0.2, 0) is 28.0 Å². The third-order valence-electron chi connectivity index (χ3n) is 6.42. The van der Waals surface area contributed by atoms with Crippen molar-refractivity contribution in [2.45, 2.75) is 25.3 Å². The van der Waals surface area contributed by atoms with E-state index in [4.69, 9.17) is 23.2 Å². The van der Waals surface area contributed by atoms with Crippen LogP contribution in [-0.4, -0.2) is 29.3 Å². The largest absolute Gasteiger partial charge is 0.325 e. The number of para-hydroxylation sites is 2. The van der Waals surface area contributed by atoms with E-state index in [-0.39, 0.29) is 10.9 Å². The Morgan fingerprint density at radius 2 is 1.53 bits per heavy atom. The molecule has 3 aromatic rings. The fourth-order valence-corrected chi connectivity index (χ4v) is 5.27. The summed E-state index contributed by atoms with van der Waals surface area (Å²) in [5.74, 6) is -0.928. The molecule has 3 aromatic carbocycles. The number of halogens is 2. The number of amides is 4. The second kappa shape index (κ2) is 8.46. The molecule has 1 atom stereocenters. The molecule has 2 aliphatic heterocycles. The molecular formula is C26H21Cl2N3O3. The van der Waals surface area contributed by atoms with Crippen molar-refractivity contribution in [3.63, 3.8) is 0 Å². The first-order valence-electron chi connectivity index (χ1n) is 10.9. The number of fused-ring (bicyclic) bond motifs is 2. The molecule has 0 bridgehead atoms. The van der Waals surface area contributed by atoms with E-state index < -0.39 is 24.0 Å². The standard InChI is InChI=1S/C26H21Cl2N3O3/c1-26(19-13-12-18(27)14-20(19)28)24(33)30(25(34)29-26)15-23(32)31-21-8-4-2-6-16(21)10-11-17-7-3-5-9-22(17)31/h2-9,12-14H,10-11,15H2,1H3,(H,29,34). The molecule has 6 nitrogen and oxygen atoms in total. The van der Waals surface area contributed by atoms with Crippen molar-refractivity contribution in [1.29, 1.82) is 0 Å². The van der Waals surface area contributed by atoms with E-state index in [1.165, 1.54) is 6.07 Å². The Hall–Kier alpha value is -3.35. The topological polar surface area (TPSA) is 69.7 Å². The minimum absolute atomic E-state index is 0.257. The van der Waals surface area contributed by atoms with Crippen LogP contribution in [0.2, 0.25) is 10.0 Å². The Morgan fingerprint density at radius 1 is 0.941 bits per heavy atom. The number of benzene rings is 3. The highest BCUT2D eigenvalue weighted by atomic mass is 35.5. The average molecular weight is 494 g/mol. The van der Waals surface area contributed by atoms with Crippen molar-refractivity contribution in [3.8, 4) is 0 Å². The fraction of sp³-hybridized carbons (Fsp3) is 0.192. The number of nitrogens with zero attached hydrogens (tertiary/aromatic N) is 2. The number of carbonyl (C=O) groups excluding carboxylic acids is 3. The summed E-state index contributed by atoms with van der Waals surface area (Å²) < 4.78 is 0. The van der Waals surface area contributed by atoms with Crippen molar-refractivity contribution in [3.05, 3.63) is 93.5 Å². The number of nitrogens with one attached hydrogen (secondary N) is 1. The van der Waals surface area contributed by atoms with Gasteiger partial charge in [-0.15, -0.1) is 0 Å². The lowest BCUT2D eigenvalue weighted by Gasteiger charge is -2.27. The van der Waals surface area contributed by atoms with Gasteiger partial charge < -0.3 is 5.32 Å². The average Bonchev–Trinajstić information content (AvgIpc) is 2.95. The van der Waals surface area contributed by atoms with Crippen LogP contribution in [0, 0.1) is 0 Å². The highest BCUT2D eigenvalue weighted by molar-refractivity contribution is 6.35. The third-order valence-corrected chi connectivity index (χ3v) is 6.96. The molecule has 34 heavy (non-hydrogen) atoms. The summed E-state index contributed by atoms with van der Waals surface area (Å²) in [5, 5.41) is 3.38. The first-order valence-corrected chi connectivity index (χ1v) is 11.6. The van der Waals surface area contributed by atoms with Crippen molar-refractivity contribution in [2.24, 2.45) is 0 Å². The van der Waals surface area contributed by atoms with E-state index >= 15 is 0 Å². The Kier molecular flexibility index (Phi) is 5.58. The van der Waals surface area contributed by atoms with Gasteiger partial charge in [-0.2, -0.15) is 0 Å². The zero-order chi connectivity index (χ0) is 24.0. The molecule has 0 radical (unpaired) electrons. The molecule has 1 saturated heterocycles. The van der Waals surface area contributed by atoms with Crippen LogP contribution in [0.5, 0.6) is 0 Å². The number of anilines is 2. The maximum Gasteiger partial charge on any atom is 0.325 e. The summed E-state index contributed by atoms with van der Waals surface area (Å²) in [6.07, 6.45) is 1.57. The first-order chi connectivity index (χ1) is 16.3. The maximum absolute atomic E-state index is 13.7. The second-order valence-corrected chi connectivity index (χ2v) is 9.40. The van der Waals surface area contributed by atoms with E-state index in [0.29, 0.717) is 10.6 Å². The molecule has 4 amide bonds. The van der Waals surface area contributed by atoms with E-state index in [0.717, 1.165) is 40.2 Å². The van der Waals surface area contributed by atoms with Gasteiger partial charge in [0.25, 0.3) is 11.8 Å². The monoisotopic (exact) mass is 493 g/mol. The molecule has 5 rings (SSSR count). The van der Waals surface area contributed by atoms with Gasteiger partial charge in [-0.3, -0.25) is 19.4 Å². The normalized spacial score (nSPS) is 19.4. The van der Waals surface area contributed by atoms with Gasteiger partial charge in [0.05, 0.1) is 11.4 Å². The molecule has 2 aliphatic rings. The van der Waals surface area contributed by atoms with E-state index in [1.54, 1.807) is 24.0 Å². The van der Waals surface area contributed by atoms with Crippen molar-refractivity contribution >= 4 is 52.4 Å². The fourth-order valence-electron chi connectivity index (χ4n) is 4.67. The number of aryl methyl sites for hydroxylation is 2. The molecular weight excluding hydrogens is 473 g/mol. The van der Waals surface area contributed by atoms with Crippen molar-refractivity contribution in [2.75, 3.05) is 11.4 Å². The summed E-state index contributed by atoms with van der Waals surface area (Å²) in [7, 11) is 0. The van der Waals surface area contributed by atoms with Crippen LogP contribution >= 0.6 is 23.2 Å². The molecule has 8 heteroatoms. The summed E-state index contributed by atoms with van der Waals surface area (Å²) in [5.41, 5.74) is 2.58. The van der Waals surface area contributed by atoms with Gasteiger partial charge in [0, 0.05) is 15.6 Å². The quantitative estimate of drug-likeness (QED) is 0.508. The lowest BCUT2D eigenvalue weighted by Crippen LogP contribution is -2.43. The molecule has 172 valence electrons. The van der Waals surface area contributed by atoms with Crippen LogP contribution < -0.4 is 10.2 Å². The zero-order valence-corrected chi connectivity index (χ0v) is 19.9. The van der Waals surface area contributed by atoms with Crippen LogP contribution in [0.25, 0.3) is 0 Å². The Labute approximate surface area is 207 Å². The molecule has 2 heterocycles. The molecule has 1 fully saturated rings. The summed E-state index contributed by atoms with van der Waals surface area (Å²) in [4.78, 5) is 42.6. The van der Waals surface area contributed by atoms with Crippen LogP contribution in [0.3, 0.4) is 0 Å². The Balaban J connectivity index is 1.49. The van der Waals surface area contributed by atoms with Crippen LogP contribution in [0.15, 0.2) is 66.7 Å². The van der Waals surface area contributed by atoms with Gasteiger partial charge in [0.2, 0.25) is 0 Å². The van der Waals surface area contributed by atoms with Gasteiger partial charge in [0.15, 0.2) is 0 Å². The summed E-state index contributed by atoms with van der Waals surface area (Å²) in [6.45, 7) is 1.16. The lowest BCUT2D eigenvalue weighted by molar-refractivity contribution is -0.134. The van der Waals surface area contributed by atoms with Crippen LogP contribution in [0.4, 0.5) is 16.2 Å². The van der Waals surface area contributed by atoms with Gasteiger partial charge in [-0.1, -0.05) is 65.7 Å². The number of rotatable bonds is 3. The van der Waals surface area contributed by atoms with Gasteiger partial charge in [-0.25, -0.2) is 4.79 Å². The third kappa shape index (κ3) is 3.63. The van der Waals surface area contributed by atoms with Gasteiger partial charge in [-0.05, 0) is 55.2 Å². The minimum Gasteiger partial charge on any atom is -0.319 e. The van der Waals surface area contributed by atoms with E-state index in [2.05, 4.69) is 5.32 Å². The first kappa shape index (κ1) is 22.4. The number of hydrogen-bond donors (Lipinski definition) is 1. The second-order valence-electron chi connectivity index (χ2n) is 8.56. The SMILES string of the molecule is CC1(c2ccc(Cl)cc2Cl)NC(=O)N(CC(=O)N2c3ccccc3CCc3ccccc32)C1=O. The highest BCUT2D eigenvalue weighted by Crippen LogP contribution is 2.38. The van der Waals surface area contributed by atoms with E-state index in [9.17, 15) is 14.4 Å². The Bertz CT molecular complexity index is 1290. The molecule has 1 unspecified atom stereocenters. The molecule has 0 spiro atoms. The van der Waals surface area contributed by atoms with Crippen molar-refractivity contribution in [1.82, 2.24) is 10.2 Å². The number of imide groups is 1. The maximum atomic E-state index is 13.7. The minimum atomic E-state index is -1.41. The van der Waals surface area contributed by atoms with Crippen molar-refractivity contribution < 1.29 is 14.4 Å². The Morgan fingerprint density at radius 3 is 2.12 bits per heavy atom. The molecule has 1 N–H and O–H groups in total. The van der Waals surface area contributed by atoms with Gasteiger partial charge >= 0.3 is 6.03 Å². The van der Waals surface area contributed by atoms with Crippen LogP contribution in [0.1, 0.15) is 23.6 Å². The number of urea groups is 1. The predicted octanol–water partition coefficient (Wildman–Crippen LogP) is 5.22. The van der Waals surface area contributed by atoms with Gasteiger partial charge in [0.1, 0.15) is 12.1 Å².